The molecule has 1 aromatic rings. The van der Waals surface area contributed by atoms with E-state index in [2.05, 4.69) is 20.7 Å². The molecule has 5 nitrogen and oxygen atoms in total. The summed E-state index contributed by atoms with van der Waals surface area (Å²) in [5.74, 6) is 0.202. The average molecular weight is 363 g/mol. The Morgan fingerprint density at radius 2 is 2.15 bits per heavy atom. The van der Waals surface area contributed by atoms with Crippen LogP contribution in [0.25, 0.3) is 0 Å². The van der Waals surface area contributed by atoms with Crippen LogP contribution in [0.3, 0.4) is 0 Å². The highest BCUT2D eigenvalue weighted by atomic mass is 79.9. The Kier molecular flexibility index (Phi) is 4.73. The van der Waals surface area contributed by atoms with Crippen molar-refractivity contribution in [3.8, 4) is 0 Å². The first-order valence-corrected chi connectivity index (χ1v) is 8.80. The summed E-state index contributed by atoms with van der Waals surface area (Å²) in [6, 6.07) is 3.16. The third-order valence-electron chi connectivity index (χ3n) is 3.66. The molecule has 4 N–H and O–H groups in total. The highest BCUT2D eigenvalue weighted by Crippen LogP contribution is 2.28. The minimum Gasteiger partial charge on any atom is -0.398 e. The van der Waals surface area contributed by atoms with Crippen molar-refractivity contribution in [1.82, 2.24) is 4.72 Å². The van der Waals surface area contributed by atoms with E-state index in [4.69, 9.17) is 5.73 Å². The fourth-order valence-electron chi connectivity index (χ4n) is 2.50. The van der Waals surface area contributed by atoms with Crippen LogP contribution in [0.15, 0.2) is 21.5 Å². The standard InChI is InChI=1S/C13H19BrN2O3S/c1-8-4-11(14)12(15)6-13(8)20(18,19)16-7-9-2-3-10(17)5-9/h4,6,9-10,16-17H,2-3,5,7,15H2,1H3. The first-order valence-electron chi connectivity index (χ1n) is 6.53. The molecule has 1 aliphatic rings. The smallest absolute Gasteiger partial charge is 0.240 e. The van der Waals surface area contributed by atoms with Gasteiger partial charge in [-0.3, -0.25) is 0 Å². The third kappa shape index (κ3) is 3.52. The van der Waals surface area contributed by atoms with Gasteiger partial charge >= 0.3 is 0 Å². The van der Waals surface area contributed by atoms with Gasteiger partial charge in [-0.1, -0.05) is 0 Å². The van der Waals surface area contributed by atoms with Crippen LogP contribution in [0.5, 0.6) is 0 Å². The minimum atomic E-state index is -3.57. The number of nitrogen functional groups attached to an aromatic ring is 1. The van der Waals surface area contributed by atoms with Gasteiger partial charge in [-0.15, -0.1) is 0 Å². The zero-order valence-electron chi connectivity index (χ0n) is 11.3. The SMILES string of the molecule is Cc1cc(Br)c(N)cc1S(=O)(=O)NCC1CCC(O)C1. The number of nitrogens with one attached hydrogen (secondary N) is 1. The summed E-state index contributed by atoms with van der Waals surface area (Å²) in [5.41, 5.74) is 6.79. The number of aliphatic hydroxyl groups excluding tert-OH is 1. The summed E-state index contributed by atoms with van der Waals surface area (Å²) in [5, 5.41) is 9.46. The highest BCUT2D eigenvalue weighted by Gasteiger charge is 2.25. The first-order chi connectivity index (χ1) is 9.29. The Bertz CT molecular complexity index is 604. The Hall–Kier alpha value is -0.630. The van der Waals surface area contributed by atoms with Crippen LogP contribution in [0.2, 0.25) is 0 Å². The van der Waals surface area contributed by atoms with Crippen LogP contribution in [-0.2, 0) is 10.0 Å². The van der Waals surface area contributed by atoms with Gasteiger partial charge in [0.1, 0.15) is 0 Å². The molecule has 1 saturated carbocycles. The molecular weight excluding hydrogens is 344 g/mol. The molecule has 2 atom stereocenters. The number of aryl methyl sites for hydroxylation is 1. The normalized spacial score (nSPS) is 23.1. The summed E-state index contributed by atoms with van der Waals surface area (Å²) in [4.78, 5) is 0.205. The predicted molar refractivity (Wildman–Crippen MR) is 81.8 cm³/mol. The molecular formula is C13H19BrN2O3S. The maximum atomic E-state index is 12.3. The van der Waals surface area contributed by atoms with Crippen LogP contribution >= 0.6 is 15.9 Å². The summed E-state index contributed by atoms with van der Waals surface area (Å²) < 4.78 is 27.9. The van der Waals surface area contributed by atoms with Gasteiger partial charge in [0.05, 0.1) is 11.0 Å². The Morgan fingerprint density at radius 1 is 1.45 bits per heavy atom. The number of halogens is 1. The number of hydrogen-bond donors (Lipinski definition) is 3. The van der Waals surface area contributed by atoms with Gasteiger partial charge < -0.3 is 10.8 Å². The summed E-state index contributed by atoms with van der Waals surface area (Å²) >= 11 is 3.28. The molecule has 1 aromatic carbocycles. The number of benzene rings is 1. The second kappa shape index (κ2) is 6.01. The van der Waals surface area contributed by atoms with Crippen molar-refractivity contribution in [2.75, 3.05) is 12.3 Å². The molecule has 0 bridgehead atoms. The van der Waals surface area contributed by atoms with E-state index < -0.39 is 10.0 Å². The Labute approximate surface area is 127 Å². The largest absolute Gasteiger partial charge is 0.398 e. The quantitative estimate of drug-likeness (QED) is 0.711. The predicted octanol–water partition coefficient (Wildman–Crippen LogP) is 1.78. The van der Waals surface area contributed by atoms with Crippen molar-refractivity contribution in [3.05, 3.63) is 22.2 Å². The zero-order chi connectivity index (χ0) is 14.9. The third-order valence-corrected chi connectivity index (χ3v) is 5.91. The van der Waals surface area contributed by atoms with Crippen LogP contribution < -0.4 is 10.5 Å². The average Bonchev–Trinajstić information content (AvgIpc) is 2.77. The summed E-state index contributed by atoms with van der Waals surface area (Å²) in [6.07, 6.45) is 1.96. The molecule has 2 rings (SSSR count). The second-order valence-electron chi connectivity index (χ2n) is 5.32. The van der Waals surface area contributed by atoms with E-state index >= 15 is 0 Å². The van der Waals surface area contributed by atoms with E-state index in [0.29, 0.717) is 28.7 Å². The van der Waals surface area contributed by atoms with Crippen molar-refractivity contribution >= 4 is 31.6 Å². The van der Waals surface area contributed by atoms with Gasteiger partial charge in [-0.25, -0.2) is 13.1 Å². The highest BCUT2D eigenvalue weighted by molar-refractivity contribution is 9.10. The number of aliphatic hydroxyl groups is 1. The van der Waals surface area contributed by atoms with Crippen LogP contribution in [-0.4, -0.2) is 26.2 Å². The Morgan fingerprint density at radius 3 is 2.75 bits per heavy atom. The molecule has 7 heteroatoms. The molecule has 112 valence electrons. The fraction of sp³-hybridized carbons (Fsp3) is 0.538. The minimum absolute atomic E-state index is 0.202. The van der Waals surface area contributed by atoms with Crippen molar-refractivity contribution in [3.63, 3.8) is 0 Å². The molecule has 0 saturated heterocycles. The topological polar surface area (TPSA) is 92.4 Å². The monoisotopic (exact) mass is 362 g/mol. The lowest BCUT2D eigenvalue weighted by Crippen LogP contribution is -2.29. The van der Waals surface area contributed by atoms with Gasteiger partial charge in [-0.2, -0.15) is 0 Å². The van der Waals surface area contributed by atoms with E-state index in [9.17, 15) is 13.5 Å². The summed E-state index contributed by atoms with van der Waals surface area (Å²) in [6.45, 7) is 2.09. The lowest BCUT2D eigenvalue weighted by atomic mass is 10.1. The lowest BCUT2D eigenvalue weighted by Gasteiger charge is -2.14. The lowest BCUT2D eigenvalue weighted by molar-refractivity contribution is 0.178. The van der Waals surface area contributed by atoms with Crippen LogP contribution in [0.1, 0.15) is 24.8 Å². The maximum Gasteiger partial charge on any atom is 0.240 e. The molecule has 1 fully saturated rings. The number of sulfonamides is 1. The van der Waals surface area contributed by atoms with E-state index in [1.165, 1.54) is 6.07 Å². The van der Waals surface area contributed by atoms with E-state index in [1.54, 1.807) is 13.0 Å². The van der Waals surface area contributed by atoms with Gasteiger partial charge in [0, 0.05) is 16.7 Å². The second-order valence-corrected chi connectivity index (χ2v) is 7.91. The van der Waals surface area contributed by atoms with Gasteiger partial charge in [0.2, 0.25) is 10.0 Å². The van der Waals surface area contributed by atoms with Crippen molar-refractivity contribution in [2.24, 2.45) is 5.92 Å². The number of hydrogen-bond acceptors (Lipinski definition) is 4. The molecule has 0 amide bonds. The molecule has 0 heterocycles. The van der Waals surface area contributed by atoms with Gasteiger partial charge in [0.25, 0.3) is 0 Å². The molecule has 0 aliphatic heterocycles. The molecule has 0 aromatic heterocycles. The zero-order valence-corrected chi connectivity index (χ0v) is 13.7. The first kappa shape index (κ1) is 15.8. The Balaban J connectivity index is 2.12. The van der Waals surface area contributed by atoms with E-state index in [1.807, 2.05) is 0 Å². The molecule has 0 spiro atoms. The van der Waals surface area contributed by atoms with Crippen molar-refractivity contribution in [1.29, 1.82) is 0 Å². The number of anilines is 1. The van der Waals surface area contributed by atoms with Crippen molar-refractivity contribution < 1.29 is 13.5 Å². The molecule has 20 heavy (non-hydrogen) atoms. The molecule has 1 aliphatic carbocycles. The molecule has 2 unspecified atom stereocenters. The van der Waals surface area contributed by atoms with Crippen LogP contribution in [0.4, 0.5) is 5.69 Å². The molecule has 0 radical (unpaired) electrons. The van der Waals surface area contributed by atoms with E-state index in [-0.39, 0.29) is 16.9 Å². The van der Waals surface area contributed by atoms with Gasteiger partial charge in [-0.05, 0) is 65.7 Å². The summed E-state index contributed by atoms with van der Waals surface area (Å²) in [7, 11) is -3.57. The number of nitrogens with two attached hydrogens (primary N) is 1. The van der Waals surface area contributed by atoms with E-state index in [0.717, 1.165) is 12.8 Å². The van der Waals surface area contributed by atoms with Gasteiger partial charge in [0.15, 0.2) is 0 Å². The maximum absolute atomic E-state index is 12.3. The van der Waals surface area contributed by atoms with Crippen molar-refractivity contribution in [2.45, 2.75) is 37.2 Å². The number of rotatable bonds is 4. The van der Waals surface area contributed by atoms with Crippen LogP contribution in [0, 0.1) is 12.8 Å². The fourth-order valence-corrected chi connectivity index (χ4v) is 4.33.